The first-order chi connectivity index (χ1) is 13.6. The molecular weight excluding hydrogens is 365 g/mol. The predicted octanol–water partition coefficient (Wildman–Crippen LogP) is 3.64. The number of ether oxygens (including phenoxy) is 2. The summed E-state index contributed by atoms with van der Waals surface area (Å²) in [6, 6.07) is 15.6. The van der Waals surface area contributed by atoms with Crippen molar-refractivity contribution in [1.29, 1.82) is 0 Å². The molecule has 0 bridgehead atoms. The Morgan fingerprint density at radius 3 is 2.46 bits per heavy atom. The molecule has 1 N–H and O–H groups in total. The maximum absolute atomic E-state index is 14.2. The maximum atomic E-state index is 14.2. The Balaban J connectivity index is 1.76. The van der Waals surface area contributed by atoms with Crippen molar-refractivity contribution in [3.8, 4) is 5.75 Å². The molecule has 0 fully saturated rings. The molecule has 3 aromatic rings. The van der Waals surface area contributed by atoms with E-state index in [1.807, 2.05) is 0 Å². The first-order valence-electron chi connectivity index (χ1n) is 8.48. The first kappa shape index (κ1) is 19.2. The Labute approximate surface area is 160 Å². The number of methoxy groups -OCH3 is 1. The molecule has 0 aliphatic carbocycles. The fraction of sp³-hybridized carbons (Fsp3) is 0.143. The molecule has 0 saturated carbocycles. The third kappa shape index (κ3) is 4.56. The van der Waals surface area contributed by atoms with Crippen molar-refractivity contribution in [2.75, 3.05) is 7.11 Å². The van der Waals surface area contributed by atoms with E-state index in [-0.39, 0.29) is 17.9 Å². The summed E-state index contributed by atoms with van der Waals surface area (Å²) in [6.07, 6.45) is -0.157. The van der Waals surface area contributed by atoms with E-state index in [1.54, 1.807) is 37.4 Å². The van der Waals surface area contributed by atoms with Gasteiger partial charge < -0.3 is 19.2 Å². The number of amides is 1. The second kappa shape index (κ2) is 8.85. The Morgan fingerprint density at radius 2 is 1.82 bits per heavy atom. The van der Waals surface area contributed by atoms with Gasteiger partial charge in [0.15, 0.2) is 0 Å². The Kier molecular flexibility index (Phi) is 6.06. The van der Waals surface area contributed by atoms with Crippen LogP contribution in [0.4, 0.5) is 4.39 Å². The fourth-order valence-corrected chi connectivity index (χ4v) is 2.53. The van der Waals surface area contributed by atoms with E-state index in [0.717, 1.165) is 5.56 Å². The van der Waals surface area contributed by atoms with Crippen LogP contribution < -0.4 is 10.1 Å². The molecule has 0 aliphatic rings. The number of esters is 1. The lowest BCUT2D eigenvalue weighted by Crippen LogP contribution is -2.32. The largest absolute Gasteiger partial charge is 0.497 e. The minimum Gasteiger partial charge on any atom is -0.497 e. The summed E-state index contributed by atoms with van der Waals surface area (Å²) in [5.41, 5.74) is 0.758. The van der Waals surface area contributed by atoms with Crippen LogP contribution in [0.25, 0.3) is 0 Å². The number of rotatable bonds is 7. The van der Waals surface area contributed by atoms with Gasteiger partial charge in [-0.3, -0.25) is 4.79 Å². The average molecular weight is 383 g/mol. The molecule has 1 amide bonds. The molecule has 7 heteroatoms. The molecule has 1 heterocycles. The molecule has 28 heavy (non-hydrogen) atoms. The van der Waals surface area contributed by atoms with Gasteiger partial charge in [-0.05, 0) is 35.9 Å². The van der Waals surface area contributed by atoms with Gasteiger partial charge in [0.25, 0.3) is 5.91 Å². The van der Waals surface area contributed by atoms with Gasteiger partial charge in [0, 0.05) is 12.1 Å². The van der Waals surface area contributed by atoms with E-state index >= 15 is 0 Å². The molecule has 6 nitrogen and oxygen atoms in total. The number of furan rings is 1. The van der Waals surface area contributed by atoms with Crippen molar-refractivity contribution < 1.29 is 27.9 Å². The molecule has 3 rings (SSSR count). The summed E-state index contributed by atoms with van der Waals surface area (Å²) in [5.74, 6) is -1.56. The number of hydrogen-bond donors (Lipinski definition) is 1. The van der Waals surface area contributed by atoms with Crippen LogP contribution in [0.5, 0.6) is 5.75 Å². The van der Waals surface area contributed by atoms with E-state index in [4.69, 9.17) is 13.9 Å². The number of hydrogen-bond acceptors (Lipinski definition) is 5. The van der Waals surface area contributed by atoms with E-state index in [1.165, 1.54) is 36.6 Å². The quantitative estimate of drug-likeness (QED) is 0.630. The van der Waals surface area contributed by atoms with Crippen LogP contribution in [-0.4, -0.2) is 19.0 Å². The van der Waals surface area contributed by atoms with Crippen molar-refractivity contribution in [2.45, 2.75) is 12.6 Å². The number of benzene rings is 2. The van der Waals surface area contributed by atoms with E-state index in [0.29, 0.717) is 5.75 Å². The highest BCUT2D eigenvalue weighted by atomic mass is 19.1. The van der Waals surface area contributed by atoms with E-state index in [9.17, 15) is 14.0 Å². The predicted molar refractivity (Wildman–Crippen MR) is 98.1 cm³/mol. The summed E-state index contributed by atoms with van der Waals surface area (Å²) < 4.78 is 29.5. The van der Waals surface area contributed by atoms with E-state index in [2.05, 4.69) is 5.32 Å². The normalized spacial score (nSPS) is 11.5. The second-order valence-corrected chi connectivity index (χ2v) is 5.85. The second-order valence-electron chi connectivity index (χ2n) is 5.85. The smallest absolute Gasteiger partial charge is 0.375 e. The van der Waals surface area contributed by atoms with Crippen molar-refractivity contribution >= 4 is 11.9 Å². The summed E-state index contributed by atoms with van der Waals surface area (Å²) in [4.78, 5) is 24.9. The lowest BCUT2D eigenvalue weighted by Gasteiger charge is -2.18. The topological polar surface area (TPSA) is 77.8 Å². The molecule has 1 atom stereocenters. The number of carbonyl (C=O) groups excluding carboxylic acids is 2. The van der Waals surface area contributed by atoms with Crippen LogP contribution in [0.3, 0.4) is 0 Å². The van der Waals surface area contributed by atoms with Gasteiger partial charge in [0.1, 0.15) is 11.6 Å². The third-order valence-electron chi connectivity index (χ3n) is 4.00. The average Bonchev–Trinajstić information content (AvgIpc) is 3.26. The summed E-state index contributed by atoms with van der Waals surface area (Å²) in [6.45, 7) is 0.173. The lowest BCUT2D eigenvalue weighted by atomic mass is 10.1. The fourth-order valence-electron chi connectivity index (χ4n) is 2.53. The van der Waals surface area contributed by atoms with Gasteiger partial charge in [-0.1, -0.05) is 30.3 Å². The zero-order chi connectivity index (χ0) is 19.9. The van der Waals surface area contributed by atoms with Gasteiger partial charge in [0.2, 0.25) is 11.9 Å². The van der Waals surface area contributed by atoms with Gasteiger partial charge in [-0.25, -0.2) is 9.18 Å². The van der Waals surface area contributed by atoms with Crippen molar-refractivity contribution in [3.05, 3.63) is 89.6 Å². The molecule has 0 radical (unpaired) electrons. The molecule has 2 aromatic carbocycles. The molecule has 0 saturated heterocycles. The monoisotopic (exact) mass is 383 g/mol. The zero-order valence-corrected chi connectivity index (χ0v) is 15.1. The third-order valence-corrected chi connectivity index (χ3v) is 4.00. The molecule has 0 unspecified atom stereocenters. The number of nitrogens with one attached hydrogen (secondary N) is 1. The standard InChI is InChI=1S/C21H18FNO5/c1-26-15-10-8-14(9-11-15)13-23-20(24)19(16-5-2-3-6-17(16)22)28-21(25)18-7-4-12-27-18/h2-12,19H,13H2,1H3,(H,23,24)/t19-/m0/s1. The molecule has 1 aromatic heterocycles. The molecule has 144 valence electrons. The van der Waals surface area contributed by atoms with Crippen LogP contribution in [0.15, 0.2) is 71.3 Å². The number of halogens is 1. The van der Waals surface area contributed by atoms with Gasteiger partial charge in [-0.15, -0.1) is 0 Å². The van der Waals surface area contributed by atoms with Crippen molar-refractivity contribution in [3.63, 3.8) is 0 Å². The SMILES string of the molecule is COc1ccc(CNC(=O)[C@@H](OC(=O)c2ccco2)c2ccccc2F)cc1. The summed E-state index contributed by atoms with van der Waals surface area (Å²) in [5, 5.41) is 2.66. The maximum Gasteiger partial charge on any atom is 0.375 e. The zero-order valence-electron chi connectivity index (χ0n) is 15.1. The Bertz CT molecular complexity index is 938. The van der Waals surface area contributed by atoms with Crippen LogP contribution in [0, 0.1) is 5.82 Å². The summed E-state index contributed by atoms with van der Waals surface area (Å²) >= 11 is 0. The highest BCUT2D eigenvalue weighted by molar-refractivity contribution is 5.90. The summed E-state index contributed by atoms with van der Waals surface area (Å²) in [7, 11) is 1.56. The van der Waals surface area contributed by atoms with Crippen LogP contribution in [0.1, 0.15) is 27.8 Å². The number of carbonyl (C=O) groups is 2. The highest BCUT2D eigenvalue weighted by Gasteiger charge is 2.28. The van der Waals surface area contributed by atoms with Crippen LogP contribution in [0.2, 0.25) is 0 Å². The minimum atomic E-state index is -1.46. The lowest BCUT2D eigenvalue weighted by molar-refractivity contribution is -0.130. The molecular formula is C21H18FNO5. The van der Waals surface area contributed by atoms with Crippen LogP contribution >= 0.6 is 0 Å². The Hall–Kier alpha value is -3.61. The van der Waals surface area contributed by atoms with Crippen molar-refractivity contribution in [1.82, 2.24) is 5.32 Å². The van der Waals surface area contributed by atoms with Gasteiger partial charge >= 0.3 is 5.97 Å². The highest BCUT2D eigenvalue weighted by Crippen LogP contribution is 2.23. The van der Waals surface area contributed by atoms with Gasteiger partial charge in [0.05, 0.1) is 13.4 Å². The van der Waals surface area contributed by atoms with E-state index < -0.39 is 23.8 Å². The molecule has 0 aliphatic heterocycles. The van der Waals surface area contributed by atoms with Gasteiger partial charge in [-0.2, -0.15) is 0 Å². The van der Waals surface area contributed by atoms with Crippen LogP contribution in [-0.2, 0) is 16.1 Å². The Morgan fingerprint density at radius 1 is 1.07 bits per heavy atom. The molecule has 0 spiro atoms. The van der Waals surface area contributed by atoms with Crippen molar-refractivity contribution in [2.24, 2.45) is 0 Å². The minimum absolute atomic E-state index is 0.0466. The first-order valence-corrected chi connectivity index (χ1v) is 8.48.